The lowest BCUT2D eigenvalue weighted by Gasteiger charge is -2.39. The SMILES string of the molecule is CC(=O)N1CCOC2CCN(C(=O)Cc3ccsc3)CCC21. The van der Waals surface area contributed by atoms with Crippen LogP contribution in [0.4, 0.5) is 0 Å². The van der Waals surface area contributed by atoms with Gasteiger partial charge in [0, 0.05) is 26.6 Å². The molecule has 2 fully saturated rings. The van der Waals surface area contributed by atoms with Crippen LogP contribution in [0.2, 0.25) is 0 Å². The number of rotatable bonds is 2. The van der Waals surface area contributed by atoms with E-state index in [4.69, 9.17) is 4.74 Å². The molecule has 5 nitrogen and oxygen atoms in total. The highest BCUT2D eigenvalue weighted by Crippen LogP contribution is 2.24. The molecule has 2 aliphatic rings. The van der Waals surface area contributed by atoms with Crippen LogP contribution in [0, 0.1) is 0 Å². The maximum absolute atomic E-state index is 12.4. The smallest absolute Gasteiger partial charge is 0.227 e. The quantitative estimate of drug-likeness (QED) is 0.830. The lowest BCUT2D eigenvalue weighted by molar-refractivity contribution is -0.144. The number of ether oxygens (including phenoxy) is 1. The summed E-state index contributed by atoms with van der Waals surface area (Å²) < 4.78 is 5.85. The van der Waals surface area contributed by atoms with Crippen LogP contribution in [-0.4, -0.2) is 60.0 Å². The predicted molar refractivity (Wildman–Crippen MR) is 84.8 cm³/mol. The molecule has 3 heterocycles. The zero-order valence-corrected chi connectivity index (χ0v) is 13.7. The van der Waals surface area contributed by atoms with Gasteiger partial charge < -0.3 is 14.5 Å². The predicted octanol–water partition coefficient (Wildman–Crippen LogP) is 1.53. The zero-order valence-electron chi connectivity index (χ0n) is 12.9. The van der Waals surface area contributed by atoms with E-state index in [-0.39, 0.29) is 24.0 Å². The Labute approximate surface area is 134 Å². The van der Waals surface area contributed by atoms with Gasteiger partial charge in [-0.25, -0.2) is 0 Å². The number of likely N-dealkylation sites (tertiary alicyclic amines) is 1. The zero-order chi connectivity index (χ0) is 15.5. The van der Waals surface area contributed by atoms with Crippen LogP contribution in [0.15, 0.2) is 16.8 Å². The van der Waals surface area contributed by atoms with Gasteiger partial charge in [0.2, 0.25) is 11.8 Å². The lowest BCUT2D eigenvalue weighted by Crippen LogP contribution is -2.52. The molecule has 0 aromatic carbocycles. The van der Waals surface area contributed by atoms with Crippen molar-refractivity contribution in [2.24, 2.45) is 0 Å². The fraction of sp³-hybridized carbons (Fsp3) is 0.625. The standard InChI is InChI=1S/C16H22N2O3S/c1-12(19)18-7-8-21-15-3-6-17(5-2-14(15)18)16(20)10-13-4-9-22-11-13/h4,9,11,14-15H,2-3,5-8,10H2,1H3. The molecule has 2 atom stereocenters. The van der Waals surface area contributed by atoms with Gasteiger partial charge >= 0.3 is 0 Å². The van der Waals surface area contributed by atoms with Crippen molar-refractivity contribution in [2.75, 3.05) is 26.2 Å². The van der Waals surface area contributed by atoms with Crippen molar-refractivity contribution < 1.29 is 14.3 Å². The Balaban J connectivity index is 1.63. The van der Waals surface area contributed by atoms with Crippen LogP contribution in [0.5, 0.6) is 0 Å². The molecule has 3 rings (SSSR count). The van der Waals surface area contributed by atoms with Crippen LogP contribution in [-0.2, 0) is 20.7 Å². The van der Waals surface area contributed by atoms with Crippen LogP contribution in [0.3, 0.4) is 0 Å². The van der Waals surface area contributed by atoms with E-state index in [1.165, 1.54) is 0 Å². The monoisotopic (exact) mass is 322 g/mol. The van der Waals surface area contributed by atoms with E-state index in [0.717, 1.165) is 24.9 Å². The molecule has 0 radical (unpaired) electrons. The second-order valence-electron chi connectivity index (χ2n) is 5.96. The fourth-order valence-corrected chi connectivity index (χ4v) is 4.07. The summed E-state index contributed by atoms with van der Waals surface area (Å²) >= 11 is 1.62. The van der Waals surface area contributed by atoms with Crippen molar-refractivity contribution in [1.82, 2.24) is 9.80 Å². The van der Waals surface area contributed by atoms with Gasteiger partial charge in [0.25, 0.3) is 0 Å². The molecule has 2 aliphatic heterocycles. The highest BCUT2D eigenvalue weighted by atomic mass is 32.1. The summed E-state index contributed by atoms with van der Waals surface area (Å²) in [6.07, 6.45) is 2.15. The third kappa shape index (κ3) is 3.33. The highest BCUT2D eigenvalue weighted by Gasteiger charge is 2.36. The third-order valence-corrected chi connectivity index (χ3v) is 5.30. The number of hydrogen-bond acceptors (Lipinski definition) is 4. The van der Waals surface area contributed by atoms with E-state index in [9.17, 15) is 9.59 Å². The summed E-state index contributed by atoms with van der Waals surface area (Å²) in [7, 11) is 0. The van der Waals surface area contributed by atoms with Gasteiger partial charge in [0.05, 0.1) is 25.2 Å². The number of carbonyl (C=O) groups is 2. The maximum atomic E-state index is 12.4. The first-order valence-electron chi connectivity index (χ1n) is 7.83. The molecule has 0 N–H and O–H groups in total. The first-order valence-corrected chi connectivity index (χ1v) is 8.77. The van der Waals surface area contributed by atoms with Crippen molar-refractivity contribution in [3.05, 3.63) is 22.4 Å². The molecule has 0 spiro atoms. The molecule has 120 valence electrons. The second kappa shape index (κ2) is 6.79. The Morgan fingerprint density at radius 1 is 1.32 bits per heavy atom. The summed E-state index contributed by atoms with van der Waals surface area (Å²) in [4.78, 5) is 28.1. The number of thiophene rings is 1. The fourth-order valence-electron chi connectivity index (χ4n) is 3.40. The van der Waals surface area contributed by atoms with Gasteiger partial charge in [-0.05, 0) is 35.2 Å². The van der Waals surface area contributed by atoms with Crippen LogP contribution in [0.25, 0.3) is 0 Å². The topological polar surface area (TPSA) is 49.9 Å². The molecule has 6 heteroatoms. The number of carbonyl (C=O) groups excluding carboxylic acids is 2. The molecule has 1 aromatic rings. The molecular weight excluding hydrogens is 300 g/mol. The molecule has 0 bridgehead atoms. The van der Waals surface area contributed by atoms with Gasteiger partial charge in [-0.3, -0.25) is 9.59 Å². The minimum Gasteiger partial charge on any atom is -0.374 e. The van der Waals surface area contributed by atoms with Crippen LogP contribution >= 0.6 is 11.3 Å². The molecule has 2 amide bonds. The van der Waals surface area contributed by atoms with Crippen molar-refractivity contribution in [2.45, 2.75) is 38.3 Å². The van der Waals surface area contributed by atoms with Crippen molar-refractivity contribution in [3.63, 3.8) is 0 Å². The summed E-state index contributed by atoms with van der Waals surface area (Å²) in [6, 6.07) is 2.12. The van der Waals surface area contributed by atoms with Gasteiger partial charge in [0.1, 0.15) is 0 Å². The Kier molecular flexibility index (Phi) is 4.78. The van der Waals surface area contributed by atoms with Crippen molar-refractivity contribution >= 4 is 23.2 Å². The Hall–Kier alpha value is -1.40. The van der Waals surface area contributed by atoms with E-state index in [2.05, 4.69) is 0 Å². The van der Waals surface area contributed by atoms with Gasteiger partial charge in [0.15, 0.2) is 0 Å². The number of fused-ring (bicyclic) bond motifs is 1. The minimum atomic E-state index is 0.0663. The third-order valence-electron chi connectivity index (χ3n) is 4.56. The molecule has 2 saturated heterocycles. The molecule has 0 aliphatic carbocycles. The van der Waals surface area contributed by atoms with E-state index < -0.39 is 0 Å². The summed E-state index contributed by atoms with van der Waals surface area (Å²) in [5, 5.41) is 4.02. The van der Waals surface area contributed by atoms with Gasteiger partial charge in [-0.15, -0.1) is 0 Å². The van der Waals surface area contributed by atoms with Gasteiger partial charge in [-0.2, -0.15) is 11.3 Å². The molecule has 22 heavy (non-hydrogen) atoms. The van der Waals surface area contributed by atoms with E-state index in [0.29, 0.717) is 26.1 Å². The summed E-state index contributed by atoms with van der Waals surface area (Å²) in [5.74, 6) is 0.280. The second-order valence-corrected chi connectivity index (χ2v) is 6.74. The summed E-state index contributed by atoms with van der Waals surface area (Å²) in [5.41, 5.74) is 1.08. The highest BCUT2D eigenvalue weighted by molar-refractivity contribution is 7.07. The minimum absolute atomic E-state index is 0.0663. The number of hydrogen-bond donors (Lipinski definition) is 0. The average molecular weight is 322 g/mol. The average Bonchev–Trinajstić information content (AvgIpc) is 2.90. The van der Waals surface area contributed by atoms with E-state index >= 15 is 0 Å². The van der Waals surface area contributed by atoms with E-state index in [1.54, 1.807) is 18.3 Å². The molecule has 0 saturated carbocycles. The molecule has 2 unspecified atom stereocenters. The number of morpholine rings is 1. The first kappa shape index (κ1) is 15.5. The van der Waals surface area contributed by atoms with Crippen molar-refractivity contribution in [1.29, 1.82) is 0 Å². The van der Waals surface area contributed by atoms with Crippen LogP contribution < -0.4 is 0 Å². The first-order chi connectivity index (χ1) is 10.6. The number of amides is 2. The lowest BCUT2D eigenvalue weighted by atomic mass is 10.0. The Bertz CT molecular complexity index is 532. The molecular formula is C16H22N2O3S. The Morgan fingerprint density at radius 3 is 2.86 bits per heavy atom. The van der Waals surface area contributed by atoms with Crippen LogP contribution in [0.1, 0.15) is 25.3 Å². The van der Waals surface area contributed by atoms with Crippen molar-refractivity contribution in [3.8, 4) is 0 Å². The maximum Gasteiger partial charge on any atom is 0.227 e. The number of nitrogens with zero attached hydrogens (tertiary/aromatic N) is 2. The van der Waals surface area contributed by atoms with E-state index in [1.807, 2.05) is 26.6 Å². The van der Waals surface area contributed by atoms with Gasteiger partial charge in [-0.1, -0.05) is 0 Å². The normalized spacial score (nSPS) is 25.5. The summed E-state index contributed by atoms with van der Waals surface area (Å²) in [6.45, 7) is 4.31. The Morgan fingerprint density at radius 2 is 2.14 bits per heavy atom. The largest absolute Gasteiger partial charge is 0.374 e. The molecule has 1 aromatic heterocycles.